The lowest BCUT2D eigenvalue weighted by Gasteiger charge is -2.02. The van der Waals surface area contributed by atoms with Gasteiger partial charge in [-0.1, -0.05) is 23.7 Å². The summed E-state index contributed by atoms with van der Waals surface area (Å²) >= 11 is 5.86. The topological polar surface area (TPSA) is 39.2 Å². The van der Waals surface area contributed by atoms with Gasteiger partial charge in [-0.25, -0.2) is 9.78 Å². The van der Waals surface area contributed by atoms with E-state index >= 15 is 0 Å². The molecular weight excluding hydrogens is 226 g/mol. The third-order valence-corrected chi connectivity index (χ3v) is 2.37. The number of aromatic nitrogens is 1. The Morgan fingerprint density at radius 1 is 1.38 bits per heavy atom. The van der Waals surface area contributed by atoms with Gasteiger partial charge in [-0.3, -0.25) is 0 Å². The number of rotatable bonds is 2. The van der Waals surface area contributed by atoms with Crippen molar-refractivity contribution in [3.05, 3.63) is 41.0 Å². The highest BCUT2D eigenvalue weighted by molar-refractivity contribution is 6.31. The van der Waals surface area contributed by atoms with Crippen molar-refractivity contribution in [2.24, 2.45) is 0 Å². The summed E-state index contributed by atoms with van der Waals surface area (Å²) in [5.74, 6) is -0.413. The number of fused-ring (bicyclic) bond motifs is 1. The smallest absolute Gasteiger partial charge is 0.356 e. The van der Waals surface area contributed by atoms with Crippen LogP contribution in [0.2, 0.25) is 5.02 Å². The first-order chi connectivity index (χ1) is 7.70. The third-order valence-electron chi connectivity index (χ3n) is 2.14. The van der Waals surface area contributed by atoms with E-state index in [2.05, 4.69) is 4.98 Å². The fraction of sp³-hybridized carbons (Fsp3) is 0.167. The second-order valence-electron chi connectivity index (χ2n) is 3.25. The monoisotopic (exact) mass is 235 g/mol. The molecule has 0 aliphatic heterocycles. The van der Waals surface area contributed by atoms with Crippen LogP contribution in [0.4, 0.5) is 0 Å². The summed E-state index contributed by atoms with van der Waals surface area (Å²) < 4.78 is 4.87. The van der Waals surface area contributed by atoms with Gasteiger partial charge in [-0.2, -0.15) is 0 Å². The van der Waals surface area contributed by atoms with Crippen LogP contribution in [0.1, 0.15) is 17.4 Å². The lowest BCUT2D eigenvalue weighted by atomic mass is 10.2. The second kappa shape index (κ2) is 4.49. The quantitative estimate of drug-likeness (QED) is 0.751. The van der Waals surface area contributed by atoms with Crippen molar-refractivity contribution in [1.29, 1.82) is 0 Å². The van der Waals surface area contributed by atoms with E-state index in [0.717, 1.165) is 5.39 Å². The van der Waals surface area contributed by atoms with Crippen molar-refractivity contribution < 1.29 is 9.53 Å². The molecular formula is C12H10ClNO2. The van der Waals surface area contributed by atoms with Crippen LogP contribution in [-0.2, 0) is 4.74 Å². The minimum Gasteiger partial charge on any atom is -0.461 e. The van der Waals surface area contributed by atoms with Gasteiger partial charge in [-0.15, -0.1) is 0 Å². The Labute approximate surface area is 98.0 Å². The van der Waals surface area contributed by atoms with Crippen LogP contribution in [0.25, 0.3) is 10.9 Å². The highest BCUT2D eigenvalue weighted by atomic mass is 35.5. The van der Waals surface area contributed by atoms with Crippen LogP contribution < -0.4 is 0 Å². The zero-order valence-corrected chi connectivity index (χ0v) is 9.49. The molecule has 0 unspecified atom stereocenters. The summed E-state index contributed by atoms with van der Waals surface area (Å²) in [6.07, 6.45) is 0. The fourth-order valence-corrected chi connectivity index (χ4v) is 1.58. The summed E-state index contributed by atoms with van der Waals surface area (Å²) in [6.45, 7) is 2.10. The van der Waals surface area contributed by atoms with Crippen molar-refractivity contribution in [1.82, 2.24) is 4.98 Å². The molecule has 0 saturated heterocycles. The zero-order chi connectivity index (χ0) is 11.5. The molecule has 2 aromatic rings. The van der Waals surface area contributed by atoms with Crippen molar-refractivity contribution in [2.75, 3.05) is 6.61 Å². The zero-order valence-electron chi connectivity index (χ0n) is 8.74. The number of hydrogen-bond donors (Lipinski definition) is 0. The van der Waals surface area contributed by atoms with E-state index in [1.54, 1.807) is 25.1 Å². The molecule has 0 aliphatic rings. The molecule has 0 saturated carbocycles. The van der Waals surface area contributed by atoms with Gasteiger partial charge in [0.05, 0.1) is 12.1 Å². The van der Waals surface area contributed by atoms with Crippen LogP contribution >= 0.6 is 11.6 Å². The first kappa shape index (κ1) is 10.9. The molecule has 82 valence electrons. The van der Waals surface area contributed by atoms with E-state index in [-0.39, 0.29) is 0 Å². The van der Waals surface area contributed by atoms with Gasteiger partial charge >= 0.3 is 5.97 Å². The first-order valence-corrected chi connectivity index (χ1v) is 5.32. The average molecular weight is 236 g/mol. The Morgan fingerprint density at radius 2 is 2.12 bits per heavy atom. The van der Waals surface area contributed by atoms with E-state index < -0.39 is 5.97 Å². The highest BCUT2D eigenvalue weighted by Crippen LogP contribution is 2.18. The molecule has 0 aliphatic carbocycles. The van der Waals surface area contributed by atoms with E-state index in [1.807, 2.05) is 12.1 Å². The number of esters is 1. The number of benzene rings is 1. The largest absolute Gasteiger partial charge is 0.461 e. The van der Waals surface area contributed by atoms with E-state index in [9.17, 15) is 4.79 Å². The van der Waals surface area contributed by atoms with Crippen LogP contribution in [0, 0.1) is 0 Å². The first-order valence-electron chi connectivity index (χ1n) is 4.94. The molecule has 2 rings (SSSR count). The number of hydrogen-bond acceptors (Lipinski definition) is 3. The number of carbonyl (C=O) groups is 1. The highest BCUT2D eigenvalue weighted by Gasteiger charge is 2.08. The Balaban J connectivity index is 2.46. The number of pyridine rings is 1. The molecule has 0 atom stereocenters. The van der Waals surface area contributed by atoms with E-state index in [0.29, 0.717) is 22.8 Å². The molecule has 0 amide bonds. The maximum atomic E-state index is 11.5. The van der Waals surface area contributed by atoms with Gasteiger partial charge < -0.3 is 4.74 Å². The second-order valence-corrected chi connectivity index (χ2v) is 3.69. The molecule has 1 aromatic heterocycles. The van der Waals surface area contributed by atoms with Gasteiger partial charge in [0.2, 0.25) is 0 Å². The Morgan fingerprint density at radius 3 is 2.88 bits per heavy atom. The Kier molecular flexibility index (Phi) is 3.06. The molecule has 1 aromatic carbocycles. The van der Waals surface area contributed by atoms with Gasteiger partial charge in [-0.05, 0) is 25.1 Å². The Bertz CT molecular complexity index is 540. The third kappa shape index (κ3) is 2.14. The summed E-state index contributed by atoms with van der Waals surface area (Å²) in [4.78, 5) is 15.7. The molecule has 4 heteroatoms. The van der Waals surface area contributed by atoms with Crippen LogP contribution in [0.15, 0.2) is 30.3 Å². The fourth-order valence-electron chi connectivity index (χ4n) is 1.41. The maximum absolute atomic E-state index is 11.5. The summed E-state index contributed by atoms with van der Waals surface area (Å²) in [5, 5.41) is 1.54. The van der Waals surface area contributed by atoms with Crippen LogP contribution in [0.3, 0.4) is 0 Å². The number of nitrogens with zero attached hydrogens (tertiary/aromatic N) is 1. The SMILES string of the molecule is CCOC(=O)c1ccc2ccc(Cl)cc2n1. The van der Waals surface area contributed by atoms with Gasteiger partial charge in [0.15, 0.2) is 0 Å². The van der Waals surface area contributed by atoms with E-state index in [1.165, 1.54) is 0 Å². The molecule has 0 bridgehead atoms. The molecule has 0 fully saturated rings. The van der Waals surface area contributed by atoms with Crippen molar-refractivity contribution >= 4 is 28.5 Å². The molecule has 1 heterocycles. The van der Waals surface area contributed by atoms with Crippen LogP contribution in [-0.4, -0.2) is 17.6 Å². The minimum atomic E-state index is -0.413. The van der Waals surface area contributed by atoms with Gasteiger partial charge in [0.25, 0.3) is 0 Å². The molecule has 0 spiro atoms. The van der Waals surface area contributed by atoms with Crippen molar-refractivity contribution in [3.63, 3.8) is 0 Å². The molecule has 0 N–H and O–H groups in total. The van der Waals surface area contributed by atoms with Gasteiger partial charge in [0.1, 0.15) is 5.69 Å². The number of ether oxygens (including phenoxy) is 1. The predicted molar refractivity (Wildman–Crippen MR) is 62.7 cm³/mol. The normalized spacial score (nSPS) is 10.4. The Hall–Kier alpha value is -1.61. The van der Waals surface area contributed by atoms with Crippen molar-refractivity contribution in [3.8, 4) is 0 Å². The summed E-state index contributed by atoms with van der Waals surface area (Å²) in [7, 11) is 0. The van der Waals surface area contributed by atoms with Crippen LogP contribution in [0.5, 0.6) is 0 Å². The molecule has 0 radical (unpaired) electrons. The lowest BCUT2D eigenvalue weighted by molar-refractivity contribution is 0.0520. The van der Waals surface area contributed by atoms with Gasteiger partial charge in [0, 0.05) is 10.4 Å². The number of carbonyl (C=O) groups excluding carboxylic acids is 1. The van der Waals surface area contributed by atoms with E-state index in [4.69, 9.17) is 16.3 Å². The summed E-state index contributed by atoms with van der Waals surface area (Å²) in [5.41, 5.74) is 0.995. The van der Waals surface area contributed by atoms with Crippen molar-refractivity contribution in [2.45, 2.75) is 6.92 Å². The maximum Gasteiger partial charge on any atom is 0.356 e. The standard InChI is InChI=1S/C12H10ClNO2/c1-2-16-12(15)10-6-4-8-3-5-9(13)7-11(8)14-10/h3-7H,2H2,1H3. The summed E-state index contributed by atoms with van der Waals surface area (Å²) in [6, 6.07) is 8.84. The number of halogens is 1. The lowest BCUT2D eigenvalue weighted by Crippen LogP contribution is -2.06. The predicted octanol–water partition coefficient (Wildman–Crippen LogP) is 3.06. The molecule has 3 nitrogen and oxygen atoms in total. The minimum absolute atomic E-state index is 0.302. The molecule has 16 heavy (non-hydrogen) atoms. The average Bonchev–Trinajstić information content (AvgIpc) is 2.28.